The topological polar surface area (TPSA) is 61.9 Å². The van der Waals surface area contributed by atoms with Crippen LogP contribution < -0.4 is 10.1 Å². The Morgan fingerprint density at radius 2 is 1.74 bits per heavy atom. The SMILES string of the molecule is CC1CNCCN1C(=O)c1ccc(OCC(=O)N2C(C)CCCC2C)cc1. The fourth-order valence-corrected chi connectivity index (χ4v) is 4.13. The van der Waals surface area contributed by atoms with Crippen LogP contribution in [0, 0.1) is 0 Å². The first-order chi connectivity index (χ1) is 13.0. The molecule has 3 atom stereocenters. The molecule has 2 amide bonds. The molecule has 1 aromatic carbocycles. The Labute approximate surface area is 161 Å². The Bertz CT molecular complexity index is 651. The van der Waals surface area contributed by atoms with Gasteiger partial charge in [0.1, 0.15) is 5.75 Å². The number of carbonyl (C=O) groups excluding carboxylic acids is 2. The molecule has 2 fully saturated rings. The summed E-state index contributed by atoms with van der Waals surface area (Å²) in [6.45, 7) is 8.66. The summed E-state index contributed by atoms with van der Waals surface area (Å²) in [7, 11) is 0. The van der Waals surface area contributed by atoms with E-state index in [4.69, 9.17) is 4.74 Å². The van der Waals surface area contributed by atoms with Crippen LogP contribution in [0.4, 0.5) is 0 Å². The van der Waals surface area contributed by atoms with Crippen molar-refractivity contribution >= 4 is 11.8 Å². The van der Waals surface area contributed by atoms with Crippen LogP contribution in [0.2, 0.25) is 0 Å². The molecule has 2 heterocycles. The predicted molar refractivity (Wildman–Crippen MR) is 105 cm³/mol. The zero-order valence-electron chi connectivity index (χ0n) is 16.6. The molecule has 2 aliphatic heterocycles. The number of piperidine rings is 1. The van der Waals surface area contributed by atoms with E-state index in [1.54, 1.807) is 24.3 Å². The molecular formula is C21H31N3O3. The van der Waals surface area contributed by atoms with Crippen LogP contribution in [0.15, 0.2) is 24.3 Å². The highest BCUT2D eigenvalue weighted by molar-refractivity contribution is 5.94. The number of ether oxygens (including phenoxy) is 1. The molecule has 1 aromatic rings. The summed E-state index contributed by atoms with van der Waals surface area (Å²) >= 11 is 0. The van der Waals surface area contributed by atoms with Gasteiger partial charge in [0, 0.05) is 43.3 Å². The second-order valence-corrected chi connectivity index (χ2v) is 7.79. The molecule has 2 saturated heterocycles. The first-order valence-electron chi connectivity index (χ1n) is 10.0. The largest absolute Gasteiger partial charge is 0.484 e. The summed E-state index contributed by atoms with van der Waals surface area (Å²) in [5.74, 6) is 0.692. The van der Waals surface area contributed by atoms with Gasteiger partial charge >= 0.3 is 0 Å². The van der Waals surface area contributed by atoms with E-state index in [2.05, 4.69) is 26.1 Å². The zero-order chi connectivity index (χ0) is 19.4. The van der Waals surface area contributed by atoms with Crippen LogP contribution in [0.3, 0.4) is 0 Å². The molecule has 0 spiro atoms. The molecule has 0 bridgehead atoms. The summed E-state index contributed by atoms with van der Waals surface area (Å²) in [5, 5.41) is 3.29. The number of rotatable bonds is 4. The van der Waals surface area contributed by atoms with Crippen LogP contribution in [-0.2, 0) is 4.79 Å². The van der Waals surface area contributed by atoms with Crippen LogP contribution in [-0.4, -0.2) is 66.0 Å². The maximum atomic E-state index is 12.7. The number of piperazine rings is 1. The number of likely N-dealkylation sites (tertiary alicyclic amines) is 1. The van der Waals surface area contributed by atoms with Crippen molar-refractivity contribution in [2.75, 3.05) is 26.2 Å². The standard InChI is InChI=1S/C21H31N3O3/c1-15-5-4-6-16(2)24(15)20(25)14-27-19-9-7-18(8-10-19)21(26)23-12-11-22-13-17(23)3/h7-10,15-17,22H,4-6,11-14H2,1-3H3. The third kappa shape index (κ3) is 4.61. The van der Waals surface area contributed by atoms with E-state index in [1.807, 2.05) is 9.80 Å². The highest BCUT2D eigenvalue weighted by Gasteiger charge is 2.29. The Hall–Kier alpha value is -2.08. The number of nitrogens with one attached hydrogen (secondary N) is 1. The molecule has 3 unspecified atom stereocenters. The first kappa shape index (κ1) is 19.7. The third-order valence-corrected chi connectivity index (χ3v) is 5.71. The van der Waals surface area contributed by atoms with Crippen molar-refractivity contribution < 1.29 is 14.3 Å². The molecule has 148 valence electrons. The molecule has 3 rings (SSSR count). The number of benzene rings is 1. The first-order valence-corrected chi connectivity index (χ1v) is 10.0. The van der Waals surface area contributed by atoms with Crippen molar-refractivity contribution in [3.63, 3.8) is 0 Å². The molecular weight excluding hydrogens is 342 g/mol. The normalized spacial score (nSPS) is 26.0. The lowest BCUT2D eigenvalue weighted by Gasteiger charge is -2.39. The number of carbonyl (C=O) groups is 2. The van der Waals surface area contributed by atoms with E-state index >= 15 is 0 Å². The summed E-state index contributed by atoms with van der Waals surface area (Å²) in [6, 6.07) is 7.84. The van der Waals surface area contributed by atoms with Gasteiger partial charge in [-0.05, 0) is 64.3 Å². The van der Waals surface area contributed by atoms with E-state index in [9.17, 15) is 9.59 Å². The lowest BCUT2D eigenvalue weighted by molar-refractivity contribution is -0.139. The lowest BCUT2D eigenvalue weighted by atomic mass is 9.97. The van der Waals surface area contributed by atoms with Gasteiger partial charge in [-0.2, -0.15) is 0 Å². The van der Waals surface area contributed by atoms with Gasteiger partial charge in [-0.1, -0.05) is 0 Å². The van der Waals surface area contributed by atoms with Crippen LogP contribution in [0.5, 0.6) is 5.75 Å². The summed E-state index contributed by atoms with van der Waals surface area (Å²) in [6.07, 6.45) is 3.28. The van der Waals surface area contributed by atoms with Gasteiger partial charge < -0.3 is 19.9 Å². The smallest absolute Gasteiger partial charge is 0.260 e. The Morgan fingerprint density at radius 1 is 1.07 bits per heavy atom. The Kier molecular flexibility index (Phi) is 6.37. The maximum absolute atomic E-state index is 12.7. The van der Waals surface area contributed by atoms with E-state index < -0.39 is 0 Å². The van der Waals surface area contributed by atoms with Gasteiger partial charge in [0.05, 0.1) is 0 Å². The van der Waals surface area contributed by atoms with Crippen molar-refractivity contribution in [1.82, 2.24) is 15.1 Å². The lowest BCUT2D eigenvalue weighted by Crippen LogP contribution is -2.52. The second-order valence-electron chi connectivity index (χ2n) is 7.79. The van der Waals surface area contributed by atoms with Gasteiger partial charge in [0.2, 0.25) is 0 Å². The highest BCUT2D eigenvalue weighted by atomic mass is 16.5. The van der Waals surface area contributed by atoms with E-state index in [0.717, 1.165) is 32.5 Å². The molecule has 1 N–H and O–H groups in total. The van der Waals surface area contributed by atoms with Crippen LogP contribution >= 0.6 is 0 Å². The van der Waals surface area contributed by atoms with Crippen LogP contribution in [0.25, 0.3) is 0 Å². The number of hydrogen-bond acceptors (Lipinski definition) is 4. The summed E-state index contributed by atoms with van der Waals surface area (Å²) < 4.78 is 5.69. The van der Waals surface area contributed by atoms with Crippen molar-refractivity contribution in [3.05, 3.63) is 29.8 Å². The van der Waals surface area contributed by atoms with E-state index in [0.29, 0.717) is 11.3 Å². The summed E-state index contributed by atoms with van der Waals surface area (Å²) in [4.78, 5) is 29.1. The molecule has 2 aliphatic rings. The van der Waals surface area contributed by atoms with Crippen LogP contribution in [0.1, 0.15) is 50.4 Å². The third-order valence-electron chi connectivity index (χ3n) is 5.71. The Balaban J connectivity index is 1.56. The number of hydrogen-bond donors (Lipinski definition) is 1. The van der Waals surface area contributed by atoms with Gasteiger partial charge in [0.15, 0.2) is 6.61 Å². The monoisotopic (exact) mass is 373 g/mol. The van der Waals surface area contributed by atoms with Crippen molar-refractivity contribution in [3.8, 4) is 5.75 Å². The van der Waals surface area contributed by atoms with Crippen molar-refractivity contribution in [2.45, 2.75) is 58.2 Å². The zero-order valence-corrected chi connectivity index (χ0v) is 16.6. The molecule has 0 saturated carbocycles. The molecule has 6 heteroatoms. The minimum Gasteiger partial charge on any atom is -0.484 e. The molecule has 0 radical (unpaired) electrons. The fraction of sp³-hybridized carbons (Fsp3) is 0.619. The molecule has 0 aliphatic carbocycles. The molecule has 6 nitrogen and oxygen atoms in total. The summed E-state index contributed by atoms with van der Waals surface area (Å²) in [5.41, 5.74) is 0.653. The van der Waals surface area contributed by atoms with Gasteiger partial charge in [0.25, 0.3) is 11.8 Å². The molecule has 27 heavy (non-hydrogen) atoms. The van der Waals surface area contributed by atoms with Gasteiger partial charge in [-0.3, -0.25) is 9.59 Å². The second kappa shape index (κ2) is 8.74. The fourth-order valence-electron chi connectivity index (χ4n) is 4.13. The van der Waals surface area contributed by atoms with Crippen molar-refractivity contribution in [1.29, 1.82) is 0 Å². The average molecular weight is 373 g/mol. The highest BCUT2D eigenvalue weighted by Crippen LogP contribution is 2.23. The number of nitrogens with zero attached hydrogens (tertiary/aromatic N) is 2. The van der Waals surface area contributed by atoms with Gasteiger partial charge in [-0.15, -0.1) is 0 Å². The minimum absolute atomic E-state index is 0.0319. The Morgan fingerprint density at radius 3 is 2.37 bits per heavy atom. The van der Waals surface area contributed by atoms with E-state index in [-0.39, 0.29) is 36.5 Å². The van der Waals surface area contributed by atoms with E-state index in [1.165, 1.54) is 6.42 Å². The average Bonchev–Trinajstić information content (AvgIpc) is 2.66. The van der Waals surface area contributed by atoms with Crippen molar-refractivity contribution in [2.24, 2.45) is 0 Å². The maximum Gasteiger partial charge on any atom is 0.260 e. The molecule has 0 aromatic heterocycles. The van der Waals surface area contributed by atoms with Gasteiger partial charge in [-0.25, -0.2) is 0 Å². The minimum atomic E-state index is 0.0319. The predicted octanol–water partition coefficient (Wildman–Crippen LogP) is 2.29. The number of amides is 2. The quantitative estimate of drug-likeness (QED) is 0.880.